The average Bonchev–Trinajstić information content (AvgIpc) is 2.39. The van der Waals surface area contributed by atoms with E-state index < -0.39 is 0 Å². The van der Waals surface area contributed by atoms with Gasteiger partial charge in [-0.05, 0) is 36.7 Å². The molecule has 1 aliphatic carbocycles. The molecule has 1 fully saturated rings. The lowest BCUT2D eigenvalue weighted by Gasteiger charge is -2.24. The maximum atomic E-state index is 5.34. The Balaban J connectivity index is 1.76. The van der Waals surface area contributed by atoms with E-state index in [1.165, 1.54) is 37.7 Å². The average molecular weight is 327 g/mol. The summed E-state index contributed by atoms with van der Waals surface area (Å²) >= 11 is 8.88. The molecule has 0 heterocycles. The second kappa shape index (κ2) is 7.10. The Labute approximate surface area is 123 Å². The lowest BCUT2D eigenvalue weighted by molar-refractivity contribution is 0.412. The van der Waals surface area contributed by atoms with Gasteiger partial charge in [0.15, 0.2) is 5.11 Å². The van der Waals surface area contributed by atoms with E-state index in [1.54, 1.807) is 0 Å². The molecule has 1 saturated carbocycles. The van der Waals surface area contributed by atoms with Crippen LogP contribution in [0.1, 0.15) is 37.7 Å². The van der Waals surface area contributed by atoms with Crippen LogP contribution in [0.2, 0.25) is 0 Å². The second-order valence-corrected chi connectivity index (χ2v) is 6.02. The van der Waals surface area contributed by atoms with Crippen molar-refractivity contribution < 1.29 is 0 Å². The maximum absolute atomic E-state index is 5.34. The minimum Gasteiger partial charge on any atom is -0.360 e. The minimum atomic E-state index is 0.568. The molecule has 98 valence electrons. The van der Waals surface area contributed by atoms with Crippen molar-refractivity contribution in [3.05, 3.63) is 34.3 Å². The third kappa shape index (κ3) is 4.25. The molecule has 0 radical (unpaired) electrons. The van der Waals surface area contributed by atoms with Crippen molar-refractivity contribution in [2.24, 2.45) is 0 Å². The van der Waals surface area contributed by atoms with Gasteiger partial charge in [0.1, 0.15) is 0 Å². The van der Waals surface area contributed by atoms with Crippen LogP contribution in [0.5, 0.6) is 0 Å². The van der Waals surface area contributed by atoms with E-state index in [1.807, 2.05) is 12.1 Å². The Kier molecular flexibility index (Phi) is 5.45. The van der Waals surface area contributed by atoms with E-state index in [0.717, 1.165) is 16.1 Å². The van der Waals surface area contributed by atoms with E-state index in [-0.39, 0.29) is 0 Å². The van der Waals surface area contributed by atoms with Crippen LogP contribution in [0.4, 0.5) is 0 Å². The van der Waals surface area contributed by atoms with E-state index in [2.05, 4.69) is 38.7 Å². The zero-order valence-corrected chi connectivity index (χ0v) is 12.8. The summed E-state index contributed by atoms with van der Waals surface area (Å²) in [6.07, 6.45) is 6.51. The van der Waals surface area contributed by atoms with Crippen molar-refractivity contribution in [2.45, 2.75) is 44.7 Å². The number of hydrogen-bond acceptors (Lipinski definition) is 1. The number of nitrogens with one attached hydrogen (secondary N) is 2. The molecule has 0 amide bonds. The van der Waals surface area contributed by atoms with Crippen molar-refractivity contribution in [1.82, 2.24) is 10.6 Å². The van der Waals surface area contributed by atoms with Gasteiger partial charge in [-0.2, -0.15) is 0 Å². The van der Waals surface area contributed by atoms with Crippen molar-refractivity contribution >= 4 is 33.3 Å². The molecule has 2 N–H and O–H groups in total. The highest BCUT2D eigenvalue weighted by Gasteiger charge is 2.13. The number of rotatable bonds is 3. The van der Waals surface area contributed by atoms with Crippen molar-refractivity contribution in [1.29, 1.82) is 0 Å². The molecule has 2 nitrogen and oxygen atoms in total. The zero-order chi connectivity index (χ0) is 12.8. The first-order valence-electron chi connectivity index (χ1n) is 6.53. The Morgan fingerprint density at radius 2 is 1.94 bits per heavy atom. The summed E-state index contributed by atoms with van der Waals surface area (Å²) in [7, 11) is 0. The molecular weight excluding hydrogens is 308 g/mol. The van der Waals surface area contributed by atoms with E-state index in [9.17, 15) is 0 Å². The molecular formula is C14H19BrN2S. The Bertz CT molecular complexity index is 403. The summed E-state index contributed by atoms with van der Waals surface area (Å²) in [5, 5.41) is 7.47. The van der Waals surface area contributed by atoms with Gasteiger partial charge in [0.25, 0.3) is 0 Å². The summed E-state index contributed by atoms with van der Waals surface area (Å²) in [6, 6.07) is 8.78. The first-order chi connectivity index (χ1) is 8.75. The van der Waals surface area contributed by atoms with Crippen LogP contribution < -0.4 is 10.6 Å². The summed E-state index contributed by atoms with van der Waals surface area (Å²) in [6.45, 7) is 0.764. The highest BCUT2D eigenvalue weighted by Crippen LogP contribution is 2.17. The Morgan fingerprint density at radius 3 is 2.67 bits per heavy atom. The molecule has 1 aliphatic rings. The van der Waals surface area contributed by atoms with Crippen LogP contribution in [0.3, 0.4) is 0 Å². The van der Waals surface area contributed by atoms with Gasteiger partial charge in [0.2, 0.25) is 0 Å². The third-order valence-electron chi connectivity index (χ3n) is 3.34. The fourth-order valence-corrected chi connectivity index (χ4v) is 2.96. The van der Waals surface area contributed by atoms with Gasteiger partial charge in [0, 0.05) is 17.1 Å². The lowest BCUT2D eigenvalue weighted by Crippen LogP contribution is -2.42. The van der Waals surface area contributed by atoms with Crippen molar-refractivity contribution in [3.63, 3.8) is 0 Å². The molecule has 0 unspecified atom stereocenters. The fraction of sp³-hybridized carbons (Fsp3) is 0.500. The van der Waals surface area contributed by atoms with Crippen LogP contribution in [-0.4, -0.2) is 11.2 Å². The maximum Gasteiger partial charge on any atom is 0.166 e. The summed E-state index contributed by atoms with van der Waals surface area (Å²) < 4.78 is 1.12. The first kappa shape index (κ1) is 13.8. The number of halogens is 1. The molecule has 1 aromatic rings. The molecule has 0 aromatic heterocycles. The third-order valence-corrected chi connectivity index (χ3v) is 4.37. The molecule has 0 atom stereocenters. The molecule has 0 saturated heterocycles. The van der Waals surface area contributed by atoms with E-state index in [0.29, 0.717) is 6.04 Å². The Morgan fingerprint density at radius 1 is 1.22 bits per heavy atom. The SMILES string of the molecule is S=C(NCc1ccccc1Br)NC1CCCCC1. The number of thiocarbonyl (C=S) groups is 1. The first-order valence-corrected chi connectivity index (χ1v) is 7.73. The smallest absolute Gasteiger partial charge is 0.166 e. The summed E-state index contributed by atoms with van der Waals surface area (Å²) in [5.41, 5.74) is 1.23. The van der Waals surface area contributed by atoms with Crippen LogP contribution in [0.25, 0.3) is 0 Å². The Hall–Kier alpha value is -0.610. The molecule has 0 bridgehead atoms. The molecule has 1 aromatic carbocycles. The van der Waals surface area contributed by atoms with Gasteiger partial charge in [-0.3, -0.25) is 0 Å². The van der Waals surface area contributed by atoms with Gasteiger partial charge in [-0.15, -0.1) is 0 Å². The van der Waals surface area contributed by atoms with Crippen LogP contribution in [0, 0.1) is 0 Å². The van der Waals surface area contributed by atoms with Crippen LogP contribution in [0.15, 0.2) is 28.7 Å². The van der Waals surface area contributed by atoms with Crippen LogP contribution in [-0.2, 0) is 6.54 Å². The van der Waals surface area contributed by atoms with Gasteiger partial charge < -0.3 is 10.6 Å². The van der Waals surface area contributed by atoms with Crippen molar-refractivity contribution in [2.75, 3.05) is 0 Å². The van der Waals surface area contributed by atoms with Gasteiger partial charge in [-0.25, -0.2) is 0 Å². The largest absolute Gasteiger partial charge is 0.360 e. The molecule has 18 heavy (non-hydrogen) atoms. The summed E-state index contributed by atoms with van der Waals surface area (Å²) in [4.78, 5) is 0. The summed E-state index contributed by atoms with van der Waals surface area (Å²) in [5.74, 6) is 0. The highest BCUT2D eigenvalue weighted by atomic mass is 79.9. The van der Waals surface area contributed by atoms with Gasteiger partial charge >= 0.3 is 0 Å². The number of hydrogen-bond donors (Lipinski definition) is 2. The molecule has 4 heteroatoms. The molecule has 2 rings (SSSR count). The fourth-order valence-electron chi connectivity index (χ4n) is 2.30. The highest BCUT2D eigenvalue weighted by molar-refractivity contribution is 9.10. The van der Waals surface area contributed by atoms with E-state index >= 15 is 0 Å². The molecule has 0 aliphatic heterocycles. The van der Waals surface area contributed by atoms with Crippen molar-refractivity contribution in [3.8, 4) is 0 Å². The lowest BCUT2D eigenvalue weighted by atomic mass is 9.96. The second-order valence-electron chi connectivity index (χ2n) is 4.75. The molecule has 0 spiro atoms. The van der Waals surface area contributed by atoms with Gasteiger partial charge in [-0.1, -0.05) is 53.4 Å². The minimum absolute atomic E-state index is 0.568. The zero-order valence-electron chi connectivity index (χ0n) is 10.4. The monoisotopic (exact) mass is 326 g/mol. The topological polar surface area (TPSA) is 24.1 Å². The number of benzene rings is 1. The van der Waals surface area contributed by atoms with E-state index in [4.69, 9.17) is 12.2 Å². The predicted octanol–water partition coefficient (Wildman–Crippen LogP) is 3.75. The standard InChI is InChI=1S/C14H19BrN2S/c15-13-9-5-4-6-11(13)10-16-14(18)17-12-7-2-1-3-8-12/h4-6,9,12H,1-3,7-8,10H2,(H2,16,17,18). The normalized spacial score (nSPS) is 16.3. The van der Waals surface area contributed by atoms with Crippen LogP contribution >= 0.6 is 28.1 Å². The van der Waals surface area contributed by atoms with Gasteiger partial charge in [0.05, 0.1) is 0 Å². The quantitative estimate of drug-likeness (QED) is 0.827. The predicted molar refractivity (Wildman–Crippen MR) is 83.6 cm³/mol.